The van der Waals surface area contributed by atoms with E-state index in [0.717, 1.165) is 28.9 Å². The zero-order valence-corrected chi connectivity index (χ0v) is 20.4. The zero-order valence-electron chi connectivity index (χ0n) is 20.4. The number of aliphatic imine (C=N–C) groups is 2. The molecular formula is C26H27F4N5O2. The number of allylic oxidation sites excluding steroid dienone is 3. The fourth-order valence-electron chi connectivity index (χ4n) is 4.20. The van der Waals surface area contributed by atoms with Gasteiger partial charge in [0.25, 0.3) is 0 Å². The number of aliphatic carboxylic acids is 1. The minimum absolute atomic E-state index is 0.0327. The molecule has 1 atom stereocenters. The molecule has 1 unspecified atom stereocenters. The molecule has 4 rings (SSSR count). The molecule has 196 valence electrons. The molecule has 37 heavy (non-hydrogen) atoms. The van der Waals surface area contributed by atoms with Crippen LogP contribution in [-0.2, 0) is 11.0 Å². The van der Waals surface area contributed by atoms with Crippen molar-refractivity contribution in [3.05, 3.63) is 59.1 Å². The van der Waals surface area contributed by atoms with Crippen molar-refractivity contribution in [3.8, 4) is 0 Å². The standard InChI is InChI=1S/C26H27F4N5O2/c1-16(4-5-17(2)23-33-20-7-6-19(26(28,29)30)12-21(20)34-23)18-13-31-15-22(32-14-18)35-10-3-8-25(27,9-11-35)24(36)37/h4-7,12-13,15H,3,8-11,14H2,1-2H3,(H,33,34)(H,36,37)/b16-4+,17-5+. The molecule has 11 heteroatoms. The number of amidine groups is 1. The van der Waals surface area contributed by atoms with Crippen molar-refractivity contribution >= 4 is 34.6 Å². The summed E-state index contributed by atoms with van der Waals surface area (Å²) in [4.78, 5) is 29.4. The third-order valence-electron chi connectivity index (χ3n) is 6.59. The highest BCUT2D eigenvalue weighted by Crippen LogP contribution is 2.31. The van der Waals surface area contributed by atoms with Crippen LogP contribution < -0.4 is 0 Å². The van der Waals surface area contributed by atoms with Crippen LogP contribution in [0, 0.1) is 0 Å². The minimum atomic E-state index is -4.43. The fourth-order valence-corrected chi connectivity index (χ4v) is 4.20. The largest absolute Gasteiger partial charge is 0.479 e. The van der Waals surface area contributed by atoms with Gasteiger partial charge in [0.05, 0.1) is 29.4 Å². The van der Waals surface area contributed by atoms with Crippen LogP contribution in [-0.4, -0.2) is 63.3 Å². The van der Waals surface area contributed by atoms with Crippen LogP contribution >= 0.6 is 0 Å². The van der Waals surface area contributed by atoms with E-state index in [4.69, 9.17) is 0 Å². The lowest BCUT2D eigenvalue weighted by atomic mass is 9.97. The van der Waals surface area contributed by atoms with E-state index in [2.05, 4.69) is 20.0 Å². The number of alkyl halides is 4. The molecule has 1 aromatic heterocycles. The lowest BCUT2D eigenvalue weighted by Gasteiger charge is -2.22. The Morgan fingerprint density at radius 3 is 2.65 bits per heavy atom. The summed E-state index contributed by atoms with van der Waals surface area (Å²) < 4.78 is 53.5. The van der Waals surface area contributed by atoms with Gasteiger partial charge in [-0.25, -0.2) is 14.2 Å². The summed E-state index contributed by atoms with van der Waals surface area (Å²) in [5.41, 5.74) is 0.285. The molecule has 1 aromatic carbocycles. The number of nitrogens with one attached hydrogen (secondary N) is 1. The maximum atomic E-state index is 14.6. The van der Waals surface area contributed by atoms with Gasteiger partial charge in [-0.05, 0) is 61.6 Å². The molecule has 0 radical (unpaired) electrons. The van der Waals surface area contributed by atoms with Gasteiger partial charge in [0.1, 0.15) is 11.7 Å². The SMILES string of the molecule is C/C(=C\C=C(/C)c1nc2ccc(C(F)(F)F)cc2[nH]1)C1=CN=CC(N2CCCC(F)(C(=O)O)CC2)=NC1. The van der Waals surface area contributed by atoms with Crippen molar-refractivity contribution in [1.82, 2.24) is 14.9 Å². The van der Waals surface area contributed by atoms with Gasteiger partial charge in [-0.1, -0.05) is 12.2 Å². The first-order valence-electron chi connectivity index (χ1n) is 11.8. The van der Waals surface area contributed by atoms with Crippen LogP contribution in [0.5, 0.6) is 0 Å². The number of carboxylic acid groups (broad SMARTS) is 1. The number of carbonyl (C=O) groups is 1. The van der Waals surface area contributed by atoms with E-state index >= 15 is 0 Å². The first kappa shape index (κ1) is 26.3. The average molecular weight is 518 g/mol. The minimum Gasteiger partial charge on any atom is -0.479 e. The fraction of sp³-hybridized carbons (Fsp3) is 0.385. The van der Waals surface area contributed by atoms with E-state index in [9.17, 15) is 27.5 Å². The lowest BCUT2D eigenvalue weighted by molar-refractivity contribution is -0.151. The number of imidazole rings is 1. The van der Waals surface area contributed by atoms with Crippen molar-refractivity contribution < 1.29 is 27.5 Å². The van der Waals surface area contributed by atoms with Crippen molar-refractivity contribution in [3.63, 3.8) is 0 Å². The number of halogens is 4. The van der Waals surface area contributed by atoms with Crippen LogP contribution in [0.4, 0.5) is 17.6 Å². The monoisotopic (exact) mass is 517 g/mol. The number of H-pyrrole nitrogens is 1. The molecule has 2 aliphatic heterocycles. The van der Waals surface area contributed by atoms with Gasteiger partial charge in [-0.15, -0.1) is 0 Å². The summed E-state index contributed by atoms with van der Waals surface area (Å²) in [6, 6.07) is 3.40. The molecule has 2 aromatic rings. The highest BCUT2D eigenvalue weighted by molar-refractivity contribution is 6.29. The lowest BCUT2D eigenvalue weighted by Crippen LogP contribution is -2.37. The third-order valence-corrected chi connectivity index (χ3v) is 6.59. The van der Waals surface area contributed by atoms with Gasteiger partial charge < -0.3 is 15.0 Å². The maximum absolute atomic E-state index is 14.6. The Bertz CT molecular complexity index is 1350. The third kappa shape index (κ3) is 5.98. The van der Waals surface area contributed by atoms with E-state index < -0.39 is 23.4 Å². The molecule has 0 amide bonds. The van der Waals surface area contributed by atoms with Crippen LogP contribution in [0.25, 0.3) is 16.6 Å². The summed E-state index contributed by atoms with van der Waals surface area (Å²) in [7, 11) is 0. The molecule has 0 spiro atoms. The molecule has 0 saturated carbocycles. The molecule has 1 fully saturated rings. The second-order valence-electron chi connectivity index (χ2n) is 9.23. The smallest absolute Gasteiger partial charge is 0.416 e. The predicted molar refractivity (Wildman–Crippen MR) is 134 cm³/mol. The number of hydrogen-bond donors (Lipinski definition) is 2. The van der Waals surface area contributed by atoms with E-state index in [1.165, 1.54) is 6.07 Å². The number of likely N-dealkylation sites (tertiary alicyclic amines) is 1. The van der Waals surface area contributed by atoms with Gasteiger partial charge in [-0.2, -0.15) is 13.2 Å². The second kappa shape index (κ2) is 10.3. The molecule has 0 bridgehead atoms. The summed E-state index contributed by atoms with van der Waals surface area (Å²) in [5.74, 6) is -0.369. The Morgan fingerprint density at radius 1 is 1.16 bits per heavy atom. The molecule has 0 aliphatic carbocycles. The number of hydrogen-bond acceptors (Lipinski definition) is 5. The molecule has 3 heterocycles. The van der Waals surface area contributed by atoms with E-state index in [0.29, 0.717) is 42.2 Å². The first-order chi connectivity index (χ1) is 17.5. The van der Waals surface area contributed by atoms with Crippen molar-refractivity contribution in [1.29, 1.82) is 0 Å². The van der Waals surface area contributed by atoms with E-state index in [1.807, 2.05) is 30.9 Å². The summed E-state index contributed by atoms with van der Waals surface area (Å²) >= 11 is 0. The number of fused-ring (bicyclic) bond motifs is 1. The van der Waals surface area contributed by atoms with Gasteiger partial charge >= 0.3 is 12.1 Å². The Labute approximate surface area is 211 Å². The van der Waals surface area contributed by atoms with Gasteiger partial charge in [-0.3, -0.25) is 9.98 Å². The second-order valence-corrected chi connectivity index (χ2v) is 9.23. The molecule has 2 aliphatic rings. The van der Waals surface area contributed by atoms with E-state index in [-0.39, 0.29) is 19.4 Å². The number of nitrogens with zero attached hydrogens (tertiary/aromatic N) is 4. The molecule has 1 saturated heterocycles. The number of benzene rings is 1. The number of carboxylic acids is 1. The van der Waals surface area contributed by atoms with Gasteiger partial charge in [0, 0.05) is 25.7 Å². The highest BCUT2D eigenvalue weighted by atomic mass is 19.4. The summed E-state index contributed by atoms with van der Waals surface area (Å²) in [6.07, 6.45) is 2.80. The Kier molecular flexibility index (Phi) is 7.33. The van der Waals surface area contributed by atoms with Crippen LogP contribution in [0.1, 0.15) is 44.5 Å². The number of aromatic nitrogens is 2. The highest BCUT2D eigenvalue weighted by Gasteiger charge is 2.40. The molecule has 2 N–H and O–H groups in total. The average Bonchev–Trinajstić information content (AvgIpc) is 2.98. The van der Waals surface area contributed by atoms with Crippen molar-refractivity contribution in [2.45, 2.75) is 45.0 Å². The molecule has 7 nitrogen and oxygen atoms in total. The van der Waals surface area contributed by atoms with Crippen LogP contribution in [0.3, 0.4) is 0 Å². The summed E-state index contributed by atoms with van der Waals surface area (Å²) in [6.45, 7) is 4.78. The van der Waals surface area contributed by atoms with Crippen molar-refractivity contribution in [2.24, 2.45) is 9.98 Å². The predicted octanol–water partition coefficient (Wildman–Crippen LogP) is 5.58. The van der Waals surface area contributed by atoms with Crippen LogP contribution in [0.15, 0.2) is 57.7 Å². The first-order valence-corrected chi connectivity index (χ1v) is 11.8. The Hall–Kier alpha value is -3.76. The number of aromatic amines is 1. The maximum Gasteiger partial charge on any atom is 0.416 e. The van der Waals surface area contributed by atoms with Crippen molar-refractivity contribution in [2.75, 3.05) is 19.6 Å². The van der Waals surface area contributed by atoms with Gasteiger partial charge in [0.2, 0.25) is 5.67 Å². The quantitative estimate of drug-likeness (QED) is 0.409. The summed E-state index contributed by atoms with van der Waals surface area (Å²) in [5, 5.41) is 9.18. The number of rotatable bonds is 4. The van der Waals surface area contributed by atoms with Gasteiger partial charge in [0.15, 0.2) is 0 Å². The normalized spacial score (nSPS) is 21.9. The molecular weight excluding hydrogens is 490 g/mol. The zero-order chi connectivity index (χ0) is 26.8. The Morgan fingerprint density at radius 2 is 1.92 bits per heavy atom. The topological polar surface area (TPSA) is 93.9 Å². The van der Waals surface area contributed by atoms with E-state index in [1.54, 1.807) is 12.4 Å². The Balaban J connectivity index is 1.45. The van der Waals surface area contributed by atoms with Crippen LogP contribution in [0.2, 0.25) is 0 Å².